The van der Waals surface area contributed by atoms with Crippen molar-refractivity contribution in [1.82, 2.24) is 10.2 Å². The molecular weight excluding hydrogens is 400 g/mol. The van der Waals surface area contributed by atoms with Crippen LogP contribution in [0.1, 0.15) is 66.7 Å². The summed E-state index contributed by atoms with van der Waals surface area (Å²) in [5.74, 6) is -2.21. The number of unbranched alkanes of at least 4 members (excludes halogenated alkanes) is 3. The van der Waals surface area contributed by atoms with E-state index >= 15 is 0 Å². The molecule has 2 bridgehead atoms. The quantitative estimate of drug-likeness (QED) is 0.397. The largest absolute Gasteiger partial charge is 0.466 e. The van der Waals surface area contributed by atoms with Crippen molar-refractivity contribution in [3.8, 4) is 0 Å². The molecule has 8 nitrogen and oxygen atoms in total. The fourth-order valence-corrected chi connectivity index (χ4v) is 5.98. The van der Waals surface area contributed by atoms with Crippen molar-refractivity contribution in [2.75, 3.05) is 19.8 Å². The normalized spacial score (nSPS) is 36.2. The van der Waals surface area contributed by atoms with Crippen LogP contribution < -0.4 is 5.32 Å². The Labute approximate surface area is 185 Å². The van der Waals surface area contributed by atoms with Gasteiger partial charge in [0.15, 0.2) is 0 Å². The number of hydrogen-bond acceptors (Lipinski definition) is 6. The van der Waals surface area contributed by atoms with E-state index in [1.165, 1.54) is 0 Å². The first-order valence-corrected chi connectivity index (χ1v) is 11.7. The number of likely N-dealkylation sites (tertiary alicyclic amines) is 1. The van der Waals surface area contributed by atoms with Crippen LogP contribution in [0.3, 0.4) is 0 Å². The molecule has 3 fully saturated rings. The number of fused-ring (bicyclic) bond motifs is 1. The van der Waals surface area contributed by atoms with E-state index in [1.807, 2.05) is 27.7 Å². The maximum absolute atomic E-state index is 13.7. The van der Waals surface area contributed by atoms with Crippen molar-refractivity contribution in [2.45, 2.75) is 90.0 Å². The molecule has 3 rings (SSSR count). The molecule has 3 unspecified atom stereocenters. The van der Waals surface area contributed by atoms with Gasteiger partial charge < -0.3 is 24.8 Å². The van der Waals surface area contributed by atoms with Crippen LogP contribution in [0.2, 0.25) is 0 Å². The molecule has 2 N–H and O–H groups in total. The Kier molecular flexibility index (Phi) is 7.01. The predicted molar refractivity (Wildman–Crippen MR) is 114 cm³/mol. The third-order valence-corrected chi connectivity index (χ3v) is 7.34. The number of aliphatic hydroxyl groups is 1. The molecule has 2 amide bonds. The average Bonchev–Trinajstić information content (AvgIpc) is 3.18. The molecule has 6 atom stereocenters. The molecule has 0 saturated carbocycles. The lowest BCUT2D eigenvalue weighted by Gasteiger charge is -2.35. The lowest BCUT2D eigenvalue weighted by molar-refractivity contribution is -0.161. The van der Waals surface area contributed by atoms with Gasteiger partial charge in [0.2, 0.25) is 11.8 Å². The molecule has 0 aromatic heterocycles. The SMILES string of the molecule is CCOC(=O)[C@@H]1[C@H]2C(=O)N(CCCCCCO)C(C(=O)NC(C)C)C23CC(C)[C@@]1(C)O3. The van der Waals surface area contributed by atoms with Crippen molar-refractivity contribution < 1.29 is 29.0 Å². The zero-order valence-corrected chi connectivity index (χ0v) is 19.5. The van der Waals surface area contributed by atoms with Gasteiger partial charge in [-0.3, -0.25) is 14.4 Å². The van der Waals surface area contributed by atoms with Gasteiger partial charge in [0.05, 0.1) is 18.1 Å². The van der Waals surface area contributed by atoms with Crippen LogP contribution in [0.4, 0.5) is 0 Å². The highest BCUT2D eigenvalue weighted by molar-refractivity contribution is 5.98. The second-order valence-corrected chi connectivity index (χ2v) is 9.79. The Hall–Kier alpha value is -1.67. The van der Waals surface area contributed by atoms with E-state index in [-0.39, 0.29) is 37.0 Å². The zero-order valence-electron chi connectivity index (χ0n) is 19.5. The minimum absolute atomic E-state index is 0.0183. The van der Waals surface area contributed by atoms with Gasteiger partial charge >= 0.3 is 5.97 Å². The number of aliphatic hydroxyl groups excluding tert-OH is 1. The summed E-state index contributed by atoms with van der Waals surface area (Å²) in [4.78, 5) is 41.6. The highest BCUT2D eigenvalue weighted by atomic mass is 16.6. The summed E-state index contributed by atoms with van der Waals surface area (Å²) in [6.45, 7) is 10.3. The zero-order chi connectivity index (χ0) is 23.0. The number of esters is 1. The van der Waals surface area contributed by atoms with E-state index in [9.17, 15) is 14.4 Å². The van der Waals surface area contributed by atoms with Crippen LogP contribution in [0, 0.1) is 17.8 Å². The molecule has 3 heterocycles. The van der Waals surface area contributed by atoms with Crippen molar-refractivity contribution in [3.05, 3.63) is 0 Å². The van der Waals surface area contributed by atoms with E-state index in [2.05, 4.69) is 5.32 Å². The van der Waals surface area contributed by atoms with Crippen LogP contribution >= 0.6 is 0 Å². The van der Waals surface area contributed by atoms with Gasteiger partial charge in [-0.25, -0.2) is 0 Å². The topological polar surface area (TPSA) is 105 Å². The van der Waals surface area contributed by atoms with E-state index in [4.69, 9.17) is 14.6 Å². The van der Waals surface area contributed by atoms with Crippen molar-refractivity contribution >= 4 is 17.8 Å². The fraction of sp³-hybridized carbons (Fsp3) is 0.870. The maximum Gasteiger partial charge on any atom is 0.312 e. The summed E-state index contributed by atoms with van der Waals surface area (Å²) in [7, 11) is 0. The smallest absolute Gasteiger partial charge is 0.312 e. The lowest BCUT2D eigenvalue weighted by atomic mass is 9.62. The standard InChI is InChI=1S/C23H38N2O6/c1-6-30-21(29)17-16-20(28)25(11-9-7-8-10-12-26)18(19(27)24-14(2)3)23(16)13-15(4)22(17,5)31-23/h14-18,26H,6-13H2,1-5H3,(H,24,27)/t15?,16-,17-,18?,22+,23?/m0/s1. The third-order valence-electron chi connectivity index (χ3n) is 7.34. The number of hydrogen-bond donors (Lipinski definition) is 2. The Bertz CT molecular complexity index is 712. The first-order chi connectivity index (χ1) is 14.6. The van der Waals surface area contributed by atoms with Gasteiger partial charge in [0, 0.05) is 19.2 Å². The highest BCUT2D eigenvalue weighted by Crippen LogP contribution is 2.65. The van der Waals surface area contributed by atoms with Crippen LogP contribution in [0.25, 0.3) is 0 Å². The van der Waals surface area contributed by atoms with E-state index in [0.717, 1.165) is 25.7 Å². The van der Waals surface area contributed by atoms with Crippen molar-refractivity contribution in [1.29, 1.82) is 0 Å². The lowest BCUT2D eigenvalue weighted by Crippen LogP contribution is -2.56. The summed E-state index contributed by atoms with van der Waals surface area (Å²) < 4.78 is 11.9. The number of ether oxygens (including phenoxy) is 2. The van der Waals surface area contributed by atoms with Gasteiger partial charge in [-0.2, -0.15) is 0 Å². The number of nitrogens with one attached hydrogen (secondary N) is 1. The van der Waals surface area contributed by atoms with Crippen molar-refractivity contribution in [3.63, 3.8) is 0 Å². The molecule has 8 heteroatoms. The molecule has 3 saturated heterocycles. The number of nitrogens with zero attached hydrogens (tertiary/aromatic N) is 1. The van der Waals surface area contributed by atoms with Crippen LogP contribution in [-0.4, -0.2) is 70.8 Å². The summed E-state index contributed by atoms with van der Waals surface area (Å²) in [6, 6.07) is -0.828. The second kappa shape index (κ2) is 9.06. The maximum atomic E-state index is 13.7. The van der Waals surface area contributed by atoms with Crippen LogP contribution in [-0.2, 0) is 23.9 Å². The van der Waals surface area contributed by atoms with E-state index in [0.29, 0.717) is 13.0 Å². The highest BCUT2D eigenvalue weighted by Gasteiger charge is 2.80. The molecule has 3 aliphatic heterocycles. The Morgan fingerprint density at radius 2 is 1.97 bits per heavy atom. The number of carbonyl (C=O) groups excluding carboxylic acids is 3. The van der Waals surface area contributed by atoms with Crippen LogP contribution in [0.5, 0.6) is 0 Å². The molecule has 3 aliphatic rings. The molecule has 0 aromatic carbocycles. The molecule has 1 spiro atoms. The molecule has 0 aromatic rings. The van der Waals surface area contributed by atoms with Gasteiger partial charge in [0.1, 0.15) is 17.6 Å². The number of carbonyl (C=O) groups is 3. The Morgan fingerprint density at radius 3 is 2.58 bits per heavy atom. The number of rotatable bonds is 10. The minimum Gasteiger partial charge on any atom is -0.466 e. The van der Waals surface area contributed by atoms with Gasteiger partial charge in [-0.1, -0.05) is 19.8 Å². The molecule has 0 radical (unpaired) electrons. The second-order valence-electron chi connectivity index (χ2n) is 9.79. The fourth-order valence-electron chi connectivity index (χ4n) is 5.98. The van der Waals surface area contributed by atoms with Gasteiger partial charge in [-0.05, 0) is 52.9 Å². The Morgan fingerprint density at radius 1 is 1.29 bits per heavy atom. The van der Waals surface area contributed by atoms with Gasteiger partial charge in [-0.15, -0.1) is 0 Å². The Balaban J connectivity index is 1.95. The predicted octanol–water partition coefficient (Wildman–Crippen LogP) is 1.64. The molecular formula is C23H38N2O6. The first-order valence-electron chi connectivity index (χ1n) is 11.7. The average molecular weight is 439 g/mol. The molecule has 0 aliphatic carbocycles. The monoisotopic (exact) mass is 438 g/mol. The summed E-state index contributed by atoms with van der Waals surface area (Å²) >= 11 is 0. The third kappa shape index (κ3) is 3.86. The first kappa shape index (κ1) is 24.0. The molecule has 31 heavy (non-hydrogen) atoms. The van der Waals surface area contributed by atoms with E-state index in [1.54, 1.807) is 11.8 Å². The number of amides is 2. The summed E-state index contributed by atoms with van der Waals surface area (Å²) in [5, 5.41) is 12.0. The van der Waals surface area contributed by atoms with Gasteiger partial charge in [0.25, 0.3) is 0 Å². The summed E-state index contributed by atoms with van der Waals surface area (Å²) in [6.07, 6.45) is 3.75. The van der Waals surface area contributed by atoms with Crippen molar-refractivity contribution in [2.24, 2.45) is 17.8 Å². The minimum atomic E-state index is -1.01. The summed E-state index contributed by atoms with van der Waals surface area (Å²) in [5.41, 5.74) is -1.83. The molecule has 176 valence electrons. The van der Waals surface area contributed by atoms with Crippen LogP contribution in [0.15, 0.2) is 0 Å². The van der Waals surface area contributed by atoms with E-state index < -0.39 is 35.0 Å².